The predicted molar refractivity (Wildman–Crippen MR) is 110 cm³/mol. The summed E-state index contributed by atoms with van der Waals surface area (Å²) in [4.78, 5) is 16.0. The second-order valence-corrected chi connectivity index (χ2v) is 10.1. The van der Waals surface area contributed by atoms with E-state index in [9.17, 15) is 21.6 Å². The van der Waals surface area contributed by atoms with Gasteiger partial charge >= 0.3 is 12.1 Å². The first-order chi connectivity index (χ1) is 15.0. The average molecular weight is 494 g/mol. The molecule has 1 fully saturated rings. The van der Waals surface area contributed by atoms with Crippen molar-refractivity contribution in [1.82, 2.24) is 14.2 Å². The first-order valence-electron chi connectivity index (χ1n) is 9.54. The third-order valence-corrected chi connectivity index (χ3v) is 8.13. The molecular formula is C19H22F3N3O5S2. The van der Waals surface area contributed by atoms with Crippen molar-refractivity contribution in [2.75, 3.05) is 33.4 Å². The highest BCUT2D eigenvalue weighted by atomic mass is 32.2. The summed E-state index contributed by atoms with van der Waals surface area (Å²) in [6.45, 7) is 3.07. The number of likely N-dealkylation sites (tertiary alicyclic amines) is 1. The van der Waals surface area contributed by atoms with Crippen molar-refractivity contribution in [3.05, 3.63) is 46.4 Å². The Bertz CT molecular complexity index is 1050. The molecule has 176 valence electrons. The van der Waals surface area contributed by atoms with Gasteiger partial charge in [-0.3, -0.25) is 4.90 Å². The zero-order valence-electron chi connectivity index (χ0n) is 17.1. The van der Waals surface area contributed by atoms with Crippen LogP contribution >= 0.6 is 11.3 Å². The number of carbonyl (C=O) groups is 1. The van der Waals surface area contributed by atoms with Crippen LogP contribution in [0.2, 0.25) is 0 Å². The van der Waals surface area contributed by atoms with Gasteiger partial charge in [0.25, 0.3) is 0 Å². The van der Waals surface area contributed by atoms with E-state index in [1.165, 1.54) is 0 Å². The zero-order chi connectivity index (χ0) is 23.6. The van der Waals surface area contributed by atoms with Crippen LogP contribution in [0.25, 0.3) is 0 Å². The molecule has 1 N–H and O–H groups in total. The van der Waals surface area contributed by atoms with Gasteiger partial charge in [0, 0.05) is 38.3 Å². The van der Waals surface area contributed by atoms with Gasteiger partial charge in [-0.1, -0.05) is 18.2 Å². The molecule has 3 heterocycles. The lowest BCUT2D eigenvalue weighted by Gasteiger charge is -2.34. The molecule has 0 aliphatic carbocycles. The van der Waals surface area contributed by atoms with E-state index in [0.717, 1.165) is 30.1 Å². The number of sulfonamides is 1. The zero-order valence-corrected chi connectivity index (χ0v) is 18.7. The number of halogens is 3. The van der Waals surface area contributed by atoms with Crippen LogP contribution in [0, 0.1) is 0 Å². The highest BCUT2D eigenvalue weighted by Gasteiger charge is 2.56. The standard InChI is InChI=1S/C17H21N3O3S2.C2HF3O2/c1-23-10-9-20-17(14-4-2-3-5-15(14)25(20,21)22)6-8-19(13-17)12-16-18-7-11-24-16;3-2(4,5)1(6)7/h2-5,7,11H,6,8-10,12-13H2,1H3;(H,6,7). The lowest BCUT2D eigenvalue weighted by atomic mass is 9.89. The Morgan fingerprint density at radius 2 is 2.03 bits per heavy atom. The molecule has 1 aromatic heterocycles. The van der Waals surface area contributed by atoms with E-state index in [1.54, 1.807) is 34.9 Å². The Labute approximate surface area is 187 Å². The van der Waals surface area contributed by atoms with E-state index >= 15 is 0 Å². The molecule has 32 heavy (non-hydrogen) atoms. The lowest BCUT2D eigenvalue weighted by molar-refractivity contribution is -0.192. The number of alkyl halides is 3. The average Bonchev–Trinajstić information content (AvgIpc) is 3.42. The molecule has 13 heteroatoms. The molecular weight excluding hydrogens is 471 g/mol. The third-order valence-electron chi connectivity index (χ3n) is 5.34. The molecule has 0 amide bonds. The fourth-order valence-electron chi connectivity index (χ4n) is 4.02. The summed E-state index contributed by atoms with van der Waals surface area (Å²) >= 11 is 1.64. The number of rotatable bonds is 5. The van der Waals surface area contributed by atoms with E-state index in [0.29, 0.717) is 24.6 Å². The molecule has 1 unspecified atom stereocenters. The summed E-state index contributed by atoms with van der Waals surface area (Å²) in [6.07, 6.45) is -2.48. The first kappa shape index (κ1) is 24.6. The van der Waals surface area contributed by atoms with Gasteiger partial charge in [-0.25, -0.2) is 18.2 Å². The molecule has 0 bridgehead atoms. The van der Waals surface area contributed by atoms with Crippen LogP contribution in [0.5, 0.6) is 0 Å². The number of carboxylic acid groups (broad SMARTS) is 1. The third kappa shape index (κ3) is 4.81. The molecule has 1 spiro atoms. The van der Waals surface area contributed by atoms with Gasteiger partial charge < -0.3 is 9.84 Å². The van der Waals surface area contributed by atoms with Gasteiger partial charge in [0.1, 0.15) is 5.01 Å². The van der Waals surface area contributed by atoms with Crippen LogP contribution in [0.15, 0.2) is 40.7 Å². The number of nitrogens with zero attached hydrogens (tertiary/aromatic N) is 3. The highest BCUT2D eigenvalue weighted by molar-refractivity contribution is 7.89. The second kappa shape index (κ2) is 9.43. The Morgan fingerprint density at radius 3 is 2.62 bits per heavy atom. The molecule has 2 aliphatic heterocycles. The number of aromatic nitrogens is 1. The van der Waals surface area contributed by atoms with E-state index in [1.807, 2.05) is 23.7 Å². The van der Waals surface area contributed by atoms with Gasteiger partial charge in [0.2, 0.25) is 10.0 Å². The summed E-state index contributed by atoms with van der Waals surface area (Å²) in [7, 11) is -1.88. The van der Waals surface area contributed by atoms with Crippen molar-refractivity contribution in [3.8, 4) is 0 Å². The first-order valence-corrected chi connectivity index (χ1v) is 11.9. The molecule has 4 rings (SSSR count). The van der Waals surface area contributed by atoms with E-state index in [4.69, 9.17) is 14.6 Å². The molecule has 1 saturated heterocycles. The van der Waals surface area contributed by atoms with Crippen LogP contribution in [0.4, 0.5) is 13.2 Å². The van der Waals surface area contributed by atoms with Crippen molar-refractivity contribution in [2.45, 2.75) is 29.6 Å². The number of hydrogen-bond acceptors (Lipinski definition) is 7. The van der Waals surface area contributed by atoms with Gasteiger partial charge in [-0.05, 0) is 18.1 Å². The molecule has 2 aromatic rings. The number of methoxy groups -OCH3 is 1. The molecule has 0 saturated carbocycles. The number of fused-ring (bicyclic) bond motifs is 2. The molecule has 2 aliphatic rings. The highest BCUT2D eigenvalue weighted by Crippen LogP contribution is 2.49. The summed E-state index contributed by atoms with van der Waals surface area (Å²) in [6, 6.07) is 7.42. The Balaban J connectivity index is 0.000000360. The summed E-state index contributed by atoms with van der Waals surface area (Å²) in [5, 5.41) is 10.2. The maximum atomic E-state index is 13.1. The summed E-state index contributed by atoms with van der Waals surface area (Å²) < 4.78 is 64.8. The van der Waals surface area contributed by atoms with Crippen LogP contribution in [-0.2, 0) is 31.6 Å². The van der Waals surface area contributed by atoms with E-state index in [2.05, 4.69) is 9.88 Å². The maximum Gasteiger partial charge on any atom is 0.490 e. The van der Waals surface area contributed by atoms with Gasteiger partial charge in [0.05, 0.1) is 23.6 Å². The molecule has 8 nitrogen and oxygen atoms in total. The second-order valence-electron chi connectivity index (χ2n) is 7.29. The summed E-state index contributed by atoms with van der Waals surface area (Å²) in [5.41, 5.74) is 0.429. The summed E-state index contributed by atoms with van der Waals surface area (Å²) in [5.74, 6) is -2.76. The number of thiazole rings is 1. The quantitative estimate of drug-likeness (QED) is 0.683. The SMILES string of the molecule is COCCN1C2(CCN(Cc3nccs3)C2)c2ccccc2S1(=O)=O.O=C(O)C(F)(F)F. The molecule has 1 atom stereocenters. The normalized spacial score (nSPS) is 22.5. The van der Waals surface area contributed by atoms with E-state index < -0.39 is 27.7 Å². The monoisotopic (exact) mass is 493 g/mol. The fourth-order valence-corrected chi connectivity index (χ4v) is 6.72. The van der Waals surface area contributed by atoms with Crippen LogP contribution in [-0.4, -0.2) is 73.2 Å². The van der Waals surface area contributed by atoms with Crippen LogP contribution < -0.4 is 0 Å². The number of ether oxygens (including phenoxy) is 1. The lowest BCUT2D eigenvalue weighted by Crippen LogP contribution is -2.47. The number of benzene rings is 1. The predicted octanol–water partition coefficient (Wildman–Crippen LogP) is 2.53. The van der Waals surface area contributed by atoms with Crippen molar-refractivity contribution in [3.63, 3.8) is 0 Å². The largest absolute Gasteiger partial charge is 0.490 e. The fraction of sp³-hybridized carbons (Fsp3) is 0.474. The van der Waals surface area contributed by atoms with Crippen LogP contribution in [0.1, 0.15) is 17.0 Å². The maximum absolute atomic E-state index is 13.1. The number of hydrogen-bond donors (Lipinski definition) is 1. The van der Waals surface area contributed by atoms with Crippen molar-refractivity contribution in [2.24, 2.45) is 0 Å². The minimum absolute atomic E-state index is 0.374. The van der Waals surface area contributed by atoms with Gasteiger partial charge in [-0.15, -0.1) is 11.3 Å². The Morgan fingerprint density at radius 1 is 1.34 bits per heavy atom. The Kier molecular flexibility index (Phi) is 7.25. The van der Waals surface area contributed by atoms with Crippen molar-refractivity contribution >= 4 is 27.3 Å². The van der Waals surface area contributed by atoms with Crippen LogP contribution in [0.3, 0.4) is 0 Å². The smallest absolute Gasteiger partial charge is 0.475 e. The molecule has 1 aromatic carbocycles. The van der Waals surface area contributed by atoms with Crippen molar-refractivity contribution in [1.29, 1.82) is 0 Å². The number of aliphatic carboxylic acids is 1. The van der Waals surface area contributed by atoms with Gasteiger partial charge in [0.15, 0.2) is 0 Å². The minimum Gasteiger partial charge on any atom is -0.475 e. The van der Waals surface area contributed by atoms with E-state index in [-0.39, 0.29) is 0 Å². The van der Waals surface area contributed by atoms with Crippen molar-refractivity contribution < 1.29 is 36.2 Å². The minimum atomic E-state index is -5.08. The van der Waals surface area contributed by atoms with Gasteiger partial charge in [-0.2, -0.15) is 17.5 Å². The topological polar surface area (TPSA) is 100 Å². The Hall–Kier alpha value is -2.06. The molecule has 0 radical (unpaired) electrons. The number of carboxylic acids is 1.